The molecule has 4 unspecified atom stereocenters. The molecule has 2 rings (SSSR count). The third kappa shape index (κ3) is 2.70. The van der Waals surface area contributed by atoms with Crippen molar-refractivity contribution >= 4 is 9.84 Å². The standard InChI is InChI=1S/C13H22N2O2S/c1-10-4-11(2)7-15(6-10)9-13(8-14)5-12(13)18(3,16)17/h10-12H,4-7,9H2,1-3H3. The third-order valence-corrected chi connectivity index (χ3v) is 5.85. The third-order valence-electron chi connectivity index (χ3n) is 4.20. The van der Waals surface area contributed by atoms with Gasteiger partial charge < -0.3 is 4.90 Å². The Labute approximate surface area is 110 Å². The Balaban J connectivity index is 2.03. The first-order valence-electron chi connectivity index (χ1n) is 6.59. The summed E-state index contributed by atoms with van der Waals surface area (Å²) in [5.74, 6) is 1.28. The molecule has 0 aromatic carbocycles. The zero-order valence-electron chi connectivity index (χ0n) is 11.4. The average molecular weight is 270 g/mol. The number of piperidine rings is 1. The number of nitrogens with zero attached hydrogens (tertiary/aromatic N) is 2. The minimum Gasteiger partial charge on any atom is -0.301 e. The molecule has 18 heavy (non-hydrogen) atoms. The Morgan fingerprint density at radius 2 is 1.89 bits per heavy atom. The summed E-state index contributed by atoms with van der Waals surface area (Å²) in [6.45, 7) is 7.05. The van der Waals surface area contributed by atoms with E-state index in [9.17, 15) is 13.7 Å². The van der Waals surface area contributed by atoms with Crippen molar-refractivity contribution in [3.63, 3.8) is 0 Å². The second kappa shape index (κ2) is 4.50. The Hall–Kier alpha value is -0.600. The van der Waals surface area contributed by atoms with Crippen LogP contribution in [0.25, 0.3) is 0 Å². The van der Waals surface area contributed by atoms with Crippen LogP contribution in [0.15, 0.2) is 0 Å². The number of sulfone groups is 1. The van der Waals surface area contributed by atoms with Crippen LogP contribution in [0.3, 0.4) is 0 Å². The molecular weight excluding hydrogens is 248 g/mol. The quantitative estimate of drug-likeness (QED) is 0.775. The molecule has 2 fully saturated rings. The first-order valence-corrected chi connectivity index (χ1v) is 8.55. The number of likely N-dealkylation sites (tertiary alicyclic amines) is 1. The Morgan fingerprint density at radius 3 is 2.28 bits per heavy atom. The van der Waals surface area contributed by atoms with Gasteiger partial charge in [0.15, 0.2) is 9.84 Å². The number of nitriles is 1. The summed E-state index contributed by atoms with van der Waals surface area (Å²) in [6.07, 6.45) is 2.99. The topological polar surface area (TPSA) is 61.2 Å². The van der Waals surface area contributed by atoms with Gasteiger partial charge in [-0.05, 0) is 24.7 Å². The van der Waals surface area contributed by atoms with E-state index < -0.39 is 20.5 Å². The zero-order chi connectivity index (χ0) is 13.6. The smallest absolute Gasteiger partial charge is 0.151 e. The van der Waals surface area contributed by atoms with Gasteiger partial charge in [0.2, 0.25) is 0 Å². The summed E-state index contributed by atoms with van der Waals surface area (Å²) in [6, 6.07) is 2.27. The first-order chi connectivity index (χ1) is 8.27. The van der Waals surface area contributed by atoms with Crippen molar-refractivity contribution in [2.75, 3.05) is 25.9 Å². The van der Waals surface area contributed by atoms with Crippen LogP contribution in [-0.4, -0.2) is 44.5 Å². The van der Waals surface area contributed by atoms with Crippen molar-refractivity contribution in [2.24, 2.45) is 17.3 Å². The summed E-state index contributed by atoms with van der Waals surface area (Å²) in [5, 5.41) is 8.87. The highest BCUT2D eigenvalue weighted by Crippen LogP contribution is 2.50. The second-order valence-corrected chi connectivity index (χ2v) is 8.66. The van der Waals surface area contributed by atoms with E-state index in [2.05, 4.69) is 24.8 Å². The van der Waals surface area contributed by atoms with E-state index in [0.29, 0.717) is 24.8 Å². The number of rotatable bonds is 3. The predicted molar refractivity (Wildman–Crippen MR) is 70.7 cm³/mol. The van der Waals surface area contributed by atoms with Gasteiger partial charge in [-0.1, -0.05) is 13.8 Å². The molecule has 4 atom stereocenters. The first kappa shape index (κ1) is 13.8. The van der Waals surface area contributed by atoms with Crippen LogP contribution in [-0.2, 0) is 9.84 Å². The normalized spacial score (nSPS) is 41.3. The lowest BCUT2D eigenvalue weighted by atomic mass is 9.91. The van der Waals surface area contributed by atoms with E-state index in [1.54, 1.807) is 0 Å². The Bertz CT molecular complexity index is 458. The maximum Gasteiger partial charge on any atom is 0.151 e. The van der Waals surface area contributed by atoms with Gasteiger partial charge in [-0.3, -0.25) is 0 Å². The van der Waals surface area contributed by atoms with Crippen LogP contribution in [0.1, 0.15) is 26.7 Å². The van der Waals surface area contributed by atoms with E-state index in [4.69, 9.17) is 0 Å². The van der Waals surface area contributed by atoms with Gasteiger partial charge in [0.05, 0.1) is 16.7 Å². The molecule has 0 radical (unpaired) electrons. The lowest BCUT2D eigenvalue weighted by Crippen LogP contribution is -2.42. The molecule has 2 aliphatic rings. The van der Waals surface area contributed by atoms with Gasteiger partial charge in [-0.15, -0.1) is 0 Å². The van der Waals surface area contributed by atoms with Crippen LogP contribution in [0, 0.1) is 28.6 Å². The monoisotopic (exact) mass is 270 g/mol. The fourth-order valence-electron chi connectivity index (χ4n) is 3.47. The molecule has 4 nitrogen and oxygen atoms in total. The summed E-state index contributed by atoms with van der Waals surface area (Å²) in [5.41, 5.74) is -0.635. The van der Waals surface area contributed by atoms with Crippen LogP contribution in [0.2, 0.25) is 0 Å². The highest BCUT2D eigenvalue weighted by molar-refractivity contribution is 7.91. The molecule has 1 heterocycles. The predicted octanol–water partition coefficient (Wildman–Crippen LogP) is 1.29. The molecule has 1 saturated carbocycles. The van der Waals surface area contributed by atoms with Crippen molar-refractivity contribution in [1.82, 2.24) is 4.90 Å². The number of hydrogen-bond acceptors (Lipinski definition) is 4. The fraction of sp³-hybridized carbons (Fsp3) is 0.923. The highest BCUT2D eigenvalue weighted by Gasteiger charge is 2.61. The fourth-order valence-corrected chi connectivity index (χ4v) is 5.02. The molecule has 0 amide bonds. The molecule has 1 aliphatic carbocycles. The number of hydrogen-bond donors (Lipinski definition) is 0. The second-order valence-electron chi connectivity index (χ2n) is 6.43. The minimum atomic E-state index is -3.08. The van der Waals surface area contributed by atoms with Crippen molar-refractivity contribution < 1.29 is 8.42 Å². The van der Waals surface area contributed by atoms with Crippen LogP contribution in [0.4, 0.5) is 0 Å². The Kier molecular flexibility index (Phi) is 3.46. The van der Waals surface area contributed by atoms with Gasteiger partial charge >= 0.3 is 0 Å². The molecule has 5 heteroatoms. The summed E-state index contributed by atoms with van der Waals surface area (Å²) in [4.78, 5) is 2.28. The summed E-state index contributed by atoms with van der Waals surface area (Å²) >= 11 is 0. The molecule has 0 aromatic heterocycles. The van der Waals surface area contributed by atoms with E-state index in [1.807, 2.05) is 0 Å². The van der Waals surface area contributed by atoms with E-state index in [-0.39, 0.29) is 0 Å². The minimum absolute atomic E-state index is 0.442. The summed E-state index contributed by atoms with van der Waals surface area (Å²) < 4.78 is 23.1. The SMILES string of the molecule is CC1CC(C)CN(CC2(C#N)CC2S(C)(=O)=O)C1. The molecule has 102 valence electrons. The molecular formula is C13H22N2O2S. The molecule has 0 N–H and O–H groups in total. The van der Waals surface area contributed by atoms with Crippen LogP contribution < -0.4 is 0 Å². The van der Waals surface area contributed by atoms with E-state index >= 15 is 0 Å². The van der Waals surface area contributed by atoms with Crippen molar-refractivity contribution in [1.29, 1.82) is 5.26 Å². The van der Waals surface area contributed by atoms with Crippen LogP contribution in [0.5, 0.6) is 0 Å². The van der Waals surface area contributed by atoms with Crippen molar-refractivity contribution in [3.8, 4) is 6.07 Å². The maximum atomic E-state index is 11.6. The molecule has 0 aromatic rings. The average Bonchev–Trinajstić information content (AvgIpc) is 2.91. The van der Waals surface area contributed by atoms with Gasteiger partial charge in [0.25, 0.3) is 0 Å². The highest BCUT2D eigenvalue weighted by atomic mass is 32.2. The summed E-state index contributed by atoms with van der Waals surface area (Å²) in [7, 11) is -3.08. The van der Waals surface area contributed by atoms with Crippen molar-refractivity contribution in [3.05, 3.63) is 0 Å². The lowest BCUT2D eigenvalue weighted by molar-refractivity contribution is 0.127. The van der Waals surface area contributed by atoms with Gasteiger partial charge in [0, 0.05) is 25.9 Å². The maximum absolute atomic E-state index is 11.6. The molecule has 1 saturated heterocycles. The zero-order valence-corrected chi connectivity index (χ0v) is 12.2. The molecule has 0 bridgehead atoms. The Morgan fingerprint density at radius 1 is 1.33 bits per heavy atom. The van der Waals surface area contributed by atoms with Crippen molar-refractivity contribution in [2.45, 2.75) is 31.9 Å². The molecule has 0 spiro atoms. The van der Waals surface area contributed by atoms with Gasteiger partial charge in [-0.25, -0.2) is 8.42 Å². The molecule has 1 aliphatic heterocycles. The van der Waals surface area contributed by atoms with Crippen LogP contribution >= 0.6 is 0 Å². The van der Waals surface area contributed by atoms with Gasteiger partial charge in [-0.2, -0.15) is 5.26 Å². The lowest BCUT2D eigenvalue weighted by Gasteiger charge is -2.36. The van der Waals surface area contributed by atoms with Gasteiger partial charge in [0.1, 0.15) is 0 Å². The largest absolute Gasteiger partial charge is 0.301 e. The van der Waals surface area contributed by atoms with E-state index in [1.165, 1.54) is 12.7 Å². The van der Waals surface area contributed by atoms with E-state index in [0.717, 1.165) is 13.1 Å².